The summed E-state index contributed by atoms with van der Waals surface area (Å²) in [6, 6.07) is 0.188. The number of hydrogen-bond donors (Lipinski definition) is 1. The molecule has 2 N–H and O–H groups in total. The highest BCUT2D eigenvalue weighted by Crippen LogP contribution is 2.40. The molecule has 2 bridgehead atoms. The van der Waals surface area contributed by atoms with Crippen molar-refractivity contribution in [1.82, 2.24) is 9.46 Å². The molecule has 0 aliphatic carbocycles. The van der Waals surface area contributed by atoms with Crippen molar-refractivity contribution in [3.63, 3.8) is 0 Å². The van der Waals surface area contributed by atoms with Gasteiger partial charge in [-0.15, -0.1) is 0 Å². The zero-order chi connectivity index (χ0) is 13.8. The van der Waals surface area contributed by atoms with Crippen LogP contribution in [0.3, 0.4) is 0 Å². The molecule has 3 rings (SSSR count). The van der Waals surface area contributed by atoms with Crippen molar-refractivity contribution >= 4 is 10.0 Å². The molecule has 0 saturated carbocycles. The summed E-state index contributed by atoms with van der Waals surface area (Å²) >= 11 is 0. The van der Waals surface area contributed by atoms with Crippen LogP contribution in [0.1, 0.15) is 37.1 Å². The second-order valence-electron chi connectivity index (χ2n) is 5.60. The molecule has 2 aliphatic heterocycles. The van der Waals surface area contributed by atoms with E-state index < -0.39 is 10.0 Å². The van der Waals surface area contributed by atoms with Crippen LogP contribution >= 0.6 is 0 Å². The molecular formula is C12H19N3O3S. The summed E-state index contributed by atoms with van der Waals surface area (Å²) in [4.78, 5) is 0.236. The minimum atomic E-state index is -3.52. The summed E-state index contributed by atoms with van der Waals surface area (Å²) in [7, 11) is -3.52. The maximum atomic E-state index is 12.8. The van der Waals surface area contributed by atoms with Gasteiger partial charge in [0.25, 0.3) is 0 Å². The molecule has 106 valence electrons. The maximum absolute atomic E-state index is 12.8. The molecule has 1 aromatic rings. The fourth-order valence-electron chi connectivity index (χ4n) is 3.52. The maximum Gasteiger partial charge on any atom is 0.248 e. The minimum absolute atomic E-state index is 0.0347. The van der Waals surface area contributed by atoms with Crippen LogP contribution < -0.4 is 5.73 Å². The zero-order valence-electron chi connectivity index (χ0n) is 11.2. The van der Waals surface area contributed by atoms with Crippen molar-refractivity contribution in [2.24, 2.45) is 5.73 Å². The van der Waals surface area contributed by atoms with Crippen LogP contribution in [0.25, 0.3) is 0 Å². The Morgan fingerprint density at radius 2 is 1.84 bits per heavy atom. The Morgan fingerprint density at radius 1 is 1.26 bits per heavy atom. The number of sulfonamides is 1. The molecule has 0 radical (unpaired) electrons. The molecule has 6 nitrogen and oxygen atoms in total. The highest BCUT2D eigenvalue weighted by Gasteiger charge is 2.47. The van der Waals surface area contributed by atoms with Crippen LogP contribution in [0.15, 0.2) is 9.42 Å². The highest BCUT2D eigenvalue weighted by atomic mass is 32.2. The first-order chi connectivity index (χ1) is 8.91. The molecule has 2 unspecified atom stereocenters. The monoisotopic (exact) mass is 285 g/mol. The van der Waals surface area contributed by atoms with E-state index in [0.29, 0.717) is 11.5 Å². The Kier molecular flexibility index (Phi) is 2.95. The van der Waals surface area contributed by atoms with Gasteiger partial charge >= 0.3 is 0 Å². The van der Waals surface area contributed by atoms with E-state index in [9.17, 15) is 8.42 Å². The third-order valence-electron chi connectivity index (χ3n) is 4.21. The Morgan fingerprint density at radius 3 is 2.32 bits per heavy atom. The molecule has 0 aromatic carbocycles. The first-order valence-electron chi connectivity index (χ1n) is 6.63. The molecule has 0 spiro atoms. The fraction of sp³-hybridized carbons (Fsp3) is 0.750. The van der Waals surface area contributed by atoms with Gasteiger partial charge < -0.3 is 10.3 Å². The molecule has 2 fully saturated rings. The Balaban J connectivity index is 2.03. The first kappa shape index (κ1) is 13.1. The van der Waals surface area contributed by atoms with E-state index in [4.69, 9.17) is 10.3 Å². The Bertz CT molecular complexity index is 562. The highest BCUT2D eigenvalue weighted by molar-refractivity contribution is 7.89. The molecule has 2 aliphatic rings. The van der Waals surface area contributed by atoms with Gasteiger partial charge in [0.05, 0.1) is 0 Å². The van der Waals surface area contributed by atoms with E-state index in [1.807, 2.05) is 0 Å². The van der Waals surface area contributed by atoms with Gasteiger partial charge in [-0.25, -0.2) is 8.42 Å². The molecule has 3 heterocycles. The predicted octanol–water partition coefficient (Wildman–Crippen LogP) is 0.934. The standard InChI is InChI=1S/C12H19N3O3S/c1-7-12(8(2)18-14-7)19(16,17)15-10-3-4-11(15)6-9(13)5-10/h9-11H,3-6,13H2,1-2H3. The molecule has 2 atom stereocenters. The van der Waals surface area contributed by atoms with Crippen molar-refractivity contribution in [1.29, 1.82) is 0 Å². The lowest BCUT2D eigenvalue weighted by molar-refractivity contribution is 0.227. The van der Waals surface area contributed by atoms with E-state index in [2.05, 4.69) is 5.16 Å². The molecule has 1 aromatic heterocycles. The van der Waals surface area contributed by atoms with Gasteiger partial charge in [-0.1, -0.05) is 5.16 Å². The zero-order valence-corrected chi connectivity index (χ0v) is 12.0. The number of aryl methyl sites for hydroxylation is 2. The van der Waals surface area contributed by atoms with Crippen LogP contribution in [-0.4, -0.2) is 36.0 Å². The van der Waals surface area contributed by atoms with E-state index in [1.165, 1.54) is 0 Å². The summed E-state index contributed by atoms with van der Waals surface area (Å²) in [6.45, 7) is 3.31. The van der Waals surface area contributed by atoms with E-state index in [-0.39, 0.29) is 23.0 Å². The molecular weight excluding hydrogens is 266 g/mol. The number of hydrogen-bond acceptors (Lipinski definition) is 5. The normalized spacial score (nSPS) is 31.8. The van der Waals surface area contributed by atoms with E-state index in [1.54, 1.807) is 18.2 Å². The van der Waals surface area contributed by atoms with Crippen LogP contribution in [0, 0.1) is 13.8 Å². The molecule has 0 amide bonds. The van der Waals surface area contributed by atoms with Crippen molar-refractivity contribution in [3.05, 3.63) is 11.5 Å². The first-order valence-corrected chi connectivity index (χ1v) is 8.07. The summed E-state index contributed by atoms with van der Waals surface area (Å²) in [5.41, 5.74) is 6.42. The van der Waals surface area contributed by atoms with Gasteiger partial charge in [0.15, 0.2) is 5.76 Å². The van der Waals surface area contributed by atoms with Gasteiger partial charge in [0, 0.05) is 18.1 Å². The predicted molar refractivity (Wildman–Crippen MR) is 69.0 cm³/mol. The average Bonchev–Trinajstić information content (AvgIpc) is 2.79. The Labute approximate surface area is 113 Å². The Hall–Kier alpha value is -0.920. The number of piperidine rings is 1. The summed E-state index contributed by atoms with van der Waals surface area (Å²) < 4.78 is 32.3. The molecule has 2 saturated heterocycles. The second-order valence-corrected chi connectivity index (χ2v) is 7.38. The summed E-state index contributed by atoms with van der Waals surface area (Å²) in [5.74, 6) is 0.367. The van der Waals surface area contributed by atoms with Gasteiger partial charge in [0.2, 0.25) is 10.0 Å². The number of nitrogens with zero attached hydrogens (tertiary/aromatic N) is 2. The van der Waals surface area contributed by atoms with Crippen LogP contribution in [0.5, 0.6) is 0 Å². The average molecular weight is 285 g/mol. The van der Waals surface area contributed by atoms with E-state index >= 15 is 0 Å². The van der Waals surface area contributed by atoms with Gasteiger partial charge in [-0.3, -0.25) is 0 Å². The third-order valence-corrected chi connectivity index (χ3v) is 6.46. The van der Waals surface area contributed by atoms with Crippen molar-refractivity contribution in [2.75, 3.05) is 0 Å². The lowest BCUT2D eigenvalue weighted by atomic mass is 10.0. The number of fused-ring (bicyclic) bond motifs is 2. The summed E-state index contributed by atoms with van der Waals surface area (Å²) in [5, 5.41) is 3.76. The third kappa shape index (κ3) is 1.91. The van der Waals surface area contributed by atoms with E-state index in [0.717, 1.165) is 25.7 Å². The minimum Gasteiger partial charge on any atom is -0.360 e. The van der Waals surface area contributed by atoms with Gasteiger partial charge in [-0.05, 0) is 39.5 Å². The van der Waals surface area contributed by atoms with Crippen LogP contribution in [-0.2, 0) is 10.0 Å². The topological polar surface area (TPSA) is 89.4 Å². The molecule has 19 heavy (non-hydrogen) atoms. The molecule has 7 heteroatoms. The smallest absolute Gasteiger partial charge is 0.248 e. The van der Waals surface area contributed by atoms with Crippen molar-refractivity contribution in [2.45, 2.75) is 62.6 Å². The number of rotatable bonds is 2. The van der Waals surface area contributed by atoms with Crippen LogP contribution in [0.4, 0.5) is 0 Å². The quantitative estimate of drug-likeness (QED) is 0.873. The lowest BCUT2D eigenvalue weighted by Gasteiger charge is -2.36. The fourth-order valence-corrected chi connectivity index (χ4v) is 5.71. The van der Waals surface area contributed by atoms with Gasteiger partial charge in [0.1, 0.15) is 10.6 Å². The second kappa shape index (κ2) is 4.29. The van der Waals surface area contributed by atoms with Crippen molar-refractivity contribution < 1.29 is 12.9 Å². The number of nitrogens with two attached hydrogens (primary N) is 1. The van der Waals surface area contributed by atoms with Crippen LogP contribution in [0.2, 0.25) is 0 Å². The lowest BCUT2D eigenvalue weighted by Crippen LogP contribution is -2.50. The van der Waals surface area contributed by atoms with Gasteiger partial charge in [-0.2, -0.15) is 4.31 Å². The SMILES string of the molecule is Cc1noc(C)c1S(=O)(=O)N1C2CCC1CC(N)C2. The van der Waals surface area contributed by atoms with Crippen molar-refractivity contribution in [3.8, 4) is 0 Å². The largest absolute Gasteiger partial charge is 0.360 e. The summed E-state index contributed by atoms with van der Waals surface area (Å²) in [6.07, 6.45) is 3.31. The number of aromatic nitrogens is 1.